The average molecular weight is 756 g/mol. The molecule has 1 atom stereocenters. The van der Waals surface area contributed by atoms with Crippen molar-refractivity contribution in [2.75, 3.05) is 31.1 Å². The predicted octanol–water partition coefficient (Wildman–Crippen LogP) is 6.95. The number of fused-ring (bicyclic) bond motifs is 1. The van der Waals surface area contributed by atoms with Gasteiger partial charge in [0, 0.05) is 54.4 Å². The maximum absolute atomic E-state index is 14.0. The van der Waals surface area contributed by atoms with Gasteiger partial charge in [0.25, 0.3) is 18.3 Å². The molecule has 240 valence electrons. The van der Waals surface area contributed by atoms with Crippen molar-refractivity contribution < 1.29 is 12.8 Å². The molecule has 0 aliphatic carbocycles. The Hall–Kier alpha value is -2.64. The van der Waals surface area contributed by atoms with E-state index in [0.717, 1.165) is 14.6 Å². The van der Waals surface area contributed by atoms with Gasteiger partial charge in [-0.1, -0.05) is 99.1 Å². The summed E-state index contributed by atoms with van der Waals surface area (Å²) in [6.07, 6.45) is 4.05. The number of piperazine rings is 1. The van der Waals surface area contributed by atoms with Gasteiger partial charge in [-0.15, -0.1) is 11.3 Å². The Morgan fingerprint density at radius 2 is 1.59 bits per heavy atom. The molecule has 2 aromatic heterocycles. The monoisotopic (exact) mass is 754 g/mol. The SMILES string of the molecule is CC(C)(C)[Si](OCCC1CN(S(=O)(=O)c2cc3ccc(Cl)cc3s2)CCN1c1ncc(Br)cn1)(c1ccccc1)c1ccccc1. The second kappa shape index (κ2) is 13.5. The summed E-state index contributed by atoms with van der Waals surface area (Å²) in [6.45, 7) is 8.29. The smallest absolute Gasteiger partial charge is 0.261 e. The molecule has 7 nitrogen and oxygen atoms in total. The van der Waals surface area contributed by atoms with E-state index in [9.17, 15) is 8.42 Å². The molecule has 3 aromatic carbocycles. The highest BCUT2D eigenvalue weighted by Gasteiger charge is 2.50. The van der Waals surface area contributed by atoms with E-state index >= 15 is 0 Å². The fourth-order valence-electron chi connectivity index (χ4n) is 6.35. The van der Waals surface area contributed by atoms with Gasteiger partial charge in [-0.05, 0) is 61.3 Å². The second-order valence-corrected chi connectivity index (χ2v) is 21.4. The summed E-state index contributed by atoms with van der Waals surface area (Å²) in [5.41, 5.74) is 0. The Bertz CT molecular complexity index is 1870. The lowest BCUT2D eigenvalue weighted by Gasteiger charge is -2.44. The summed E-state index contributed by atoms with van der Waals surface area (Å²) in [4.78, 5) is 11.3. The molecule has 0 saturated carbocycles. The van der Waals surface area contributed by atoms with Gasteiger partial charge in [-0.3, -0.25) is 0 Å². The number of halogens is 2. The van der Waals surface area contributed by atoms with Crippen LogP contribution < -0.4 is 15.3 Å². The van der Waals surface area contributed by atoms with Gasteiger partial charge >= 0.3 is 0 Å². The normalized spacial score (nSPS) is 16.6. The number of sulfonamides is 1. The minimum Gasteiger partial charge on any atom is -0.407 e. The van der Waals surface area contributed by atoms with Crippen LogP contribution in [0.1, 0.15) is 27.2 Å². The van der Waals surface area contributed by atoms with Crippen LogP contribution in [0.4, 0.5) is 5.95 Å². The molecule has 3 heterocycles. The first-order chi connectivity index (χ1) is 22.0. The predicted molar refractivity (Wildman–Crippen MR) is 195 cm³/mol. The molecule has 0 bridgehead atoms. The first-order valence-electron chi connectivity index (χ1n) is 15.2. The van der Waals surface area contributed by atoms with E-state index in [1.165, 1.54) is 21.7 Å². The molecule has 6 rings (SSSR count). The van der Waals surface area contributed by atoms with Gasteiger partial charge in [0.2, 0.25) is 5.95 Å². The van der Waals surface area contributed by atoms with Gasteiger partial charge in [0.15, 0.2) is 0 Å². The van der Waals surface area contributed by atoms with Crippen molar-refractivity contribution in [3.05, 3.63) is 107 Å². The molecule has 0 radical (unpaired) electrons. The lowest BCUT2D eigenvalue weighted by molar-refractivity contribution is 0.249. The van der Waals surface area contributed by atoms with E-state index in [2.05, 4.69) is 100 Å². The van der Waals surface area contributed by atoms with Crippen molar-refractivity contribution in [2.45, 2.75) is 42.5 Å². The fraction of sp³-hybridized carbons (Fsp3) is 0.294. The van der Waals surface area contributed by atoms with E-state index in [4.69, 9.17) is 16.0 Å². The maximum Gasteiger partial charge on any atom is 0.261 e. The topological polar surface area (TPSA) is 75.6 Å². The number of aromatic nitrogens is 2. The second-order valence-electron chi connectivity index (χ2n) is 12.5. The number of hydrogen-bond acceptors (Lipinski definition) is 7. The molecule has 12 heteroatoms. The Labute approximate surface area is 289 Å². The Balaban J connectivity index is 1.31. The van der Waals surface area contributed by atoms with Crippen LogP contribution in [0, 0.1) is 0 Å². The fourth-order valence-corrected chi connectivity index (χ4v) is 14.4. The standard InChI is InChI=1S/C34H36BrClN4O3S2Si/c1-34(2,3)46(29-10-6-4-7-11-29,30-12-8-5-9-13-30)43-19-16-28-24-39(17-18-40(28)33-37-22-26(35)23-38-33)45(41,42)32-20-25-14-15-27(36)21-31(25)44-32/h4-15,20-23,28H,16-19,24H2,1-3H3. The number of thiophene rings is 1. The van der Waals surface area contributed by atoms with E-state index in [1.807, 2.05) is 24.3 Å². The van der Waals surface area contributed by atoms with E-state index in [-0.39, 0.29) is 11.1 Å². The molecule has 0 N–H and O–H groups in total. The third-order valence-corrected chi connectivity index (χ3v) is 17.6. The summed E-state index contributed by atoms with van der Waals surface area (Å²) in [5.74, 6) is 0.576. The van der Waals surface area contributed by atoms with Crippen molar-refractivity contribution in [1.29, 1.82) is 0 Å². The lowest BCUT2D eigenvalue weighted by Crippen LogP contribution is -2.67. The van der Waals surface area contributed by atoms with E-state index in [0.29, 0.717) is 47.8 Å². The summed E-state index contributed by atoms with van der Waals surface area (Å²) >= 11 is 10.9. The molecule has 1 fully saturated rings. The zero-order valence-electron chi connectivity index (χ0n) is 25.9. The van der Waals surface area contributed by atoms with Gasteiger partial charge in [-0.25, -0.2) is 18.4 Å². The van der Waals surface area contributed by atoms with Crippen molar-refractivity contribution in [1.82, 2.24) is 14.3 Å². The number of hydrogen-bond donors (Lipinski definition) is 0. The third-order valence-electron chi connectivity index (χ3n) is 8.55. The molecule has 0 amide bonds. The van der Waals surface area contributed by atoms with E-state index < -0.39 is 18.3 Å². The van der Waals surface area contributed by atoms with Crippen LogP contribution in [0.5, 0.6) is 0 Å². The molecule has 1 aliphatic rings. The minimum absolute atomic E-state index is 0.170. The van der Waals surface area contributed by atoms with Crippen LogP contribution in [0.3, 0.4) is 0 Å². The Morgan fingerprint density at radius 3 is 2.20 bits per heavy atom. The number of anilines is 1. The van der Waals surface area contributed by atoms with Crippen molar-refractivity contribution in [2.24, 2.45) is 0 Å². The first-order valence-corrected chi connectivity index (χ1v) is 20.5. The van der Waals surface area contributed by atoms with Crippen molar-refractivity contribution in [3.63, 3.8) is 0 Å². The van der Waals surface area contributed by atoms with Crippen LogP contribution >= 0.6 is 38.9 Å². The van der Waals surface area contributed by atoms with Crippen molar-refractivity contribution >= 4 is 83.6 Å². The first kappa shape index (κ1) is 33.3. The number of rotatable bonds is 9. The number of benzene rings is 3. The summed E-state index contributed by atoms with van der Waals surface area (Å²) in [5, 5.41) is 3.70. The average Bonchev–Trinajstić information content (AvgIpc) is 3.48. The highest BCUT2D eigenvalue weighted by Crippen LogP contribution is 2.38. The van der Waals surface area contributed by atoms with E-state index in [1.54, 1.807) is 28.8 Å². The van der Waals surface area contributed by atoms with Crippen LogP contribution in [0.2, 0.25) is 10.1 Å². The van der Waals surface area contributed by atoms with Gasteiger partial charge in [0.05, 0.1) is 4.47 Å². The zero-order chi connectivity index (χ0) is 32.5. The zero-order valence-corrected chi connectivity index (χ0v) is 30.9. The van der Waals surface area contributed by atoms with Gasteiger partial charge in [-0.2, -0.15) is 4.31 Å². The van der Waals surface area contributed by atoms with Crippen LogP contribution in [0.25, 0.3) is 10.1 Å². The lowest BCUT2D eigenvalue weighted by atomic mass is 10.1. The Kier molecular flexibility index (Phi) is 9.74. The summed E-state index contributed by atoms with van der Waals surface area (Å²) in [6, 6.07) is 28.1. The van der Waals surface area contributed by atoms with Crippen LogP contribution in [-0.2, 0) is 14.4 Å². The maximum atomic E-state index is 14.0. The molecule has 5 aromatic rings. The molecule has 1 saturated heterocycles. The number of nitrogens with zero attached hydrogens (tertiary/aromatic N) is 4. The Morgan fingerprint density at radius 1 is 0.957 bits per heavy atom. The molecular weight excluding hydrogens is 720 g/mol. The molecular formula is C34H36BrClN4O3S2Si. The highest BCUT2D eigenvalue weighted by molar-refractivity contribution is 9.10. The molecule has 0 spiro atoms. The van der Waals surface area contributed by atoms with Crippen LogP contribution in [0.15, 0.2) is 106 Å². The minimum atomic E-state index is -3.74. The van der Waals surface area contributed by atoms with Gasteiger partial charge in [0.1, 0.15) is 4.21 Å². The molecule has 1 aliphatic heterocycles. The van der Waals surface area contributed by atoms with Crippen molar-refractivity contribution in [3.8, 4) is 0 Å². The largest absolute Gasteiger partial charge is 0.407 e. The molecule has 1 unspecified atom stereocenters. The van der Waals surface area contributed by atoms with Crippen LogP contribution in [-0.4, -0.2) is 63.3 Å². The summed E-state index contributed by atoms with van der Waals surface area (Å²) < 4.78 is 38.8. The van der Waals surface area contributed by atoms with Gasteiger partial charge < -0.3 is 9.33 Å². The molecule has 46 heavy (non-hydrogen) atoms. The highest BCUT2D eigenvalue weighted by atomic mass is 79.9. The quantitative estimate of drug-likeness (QED) is 0.152. The summed E-state index contributed by atoms with van der Waals surface area (Å²) in [7, 11) is -6.51. The third kappa shape index (κ3) is 6.56.